The van der Waals surface area contributed by atoms with Crippen LogP contribution in [-0.4, -0.2) is 21.0 Å². The number of ether oxygens (including phenoxy) is 1. The molecule has 2 aromatic carbocycles. The lowest BCUT2D eigenvalue weighted by Gasteiger charge is -2.11. The van der Waals surface area contributed by atoms with E-state index in [1.54, 1.807) is 36.7 Å². The van der Waals surface area contributed by atoms with E-state index in [4.69, 9.17) is 4.74 Å². The van der Waals surface area contributed by atoms with Crippen LogP contribution in [-0.2, 0) is 6.61 Å². The average Bonchev–Trinajstić information content (AvgIpc) is 2.53. The summed E-state index contributed by atoms with van der Waals surface area (Å²) in [5.41, 5.74) is 0.157. The fourth-order valence-electron chi connectivity index (χ4n) is 2.14. The second-order valence-corrected chi connectivity index (χ2v) is 4.42. The van der Waals surface area contributed by atoms with Gasteiger partial charge in [0.1, 0.15) is 17.9 Å². The number of rotatable bonds is 4. The van der Waals surface area contributed by atoms with E-state index in [1.807, 2.05) is 18.2 Å². The third kappa shape index (κ3) is 2.67. The van der Waals surface area contributed by atoms with Crippen molar-refractivity contribution in [3.05, 3.63) is 66.2 Å². The van der Waals surface area contributed by atoms with E-state index in [9.17, 15) is 9.90 Å². The highest BCUT2D eigenvalue weighted by atomic mass is 16.5. The van der Waals surface area contributed by atoms with E-state index in [-0.39, 0.29) is 12.2 Å². The van der Waals surface area contributed by atoms with Crippen LogP contribution in [0, 0.1) is 0 Å². The van der Waals surface area contributed by atoms with E-state index in [0.717, 1.165) is 5.39 Å². The first kappa shape index (κ1) is 13.1. The van der Waals surface area contributed by atoms with Crippen molar-refractivity contribution in [3.8, 4) is 5.75 Å². The van der Waals surface area contributed by atoms with Gasteiger partial charge in [-0.15, -0.1) is 0 Å². The molecule has 1 aromatic heterocycles. The minimum absolute atomic E-state index is 0.124. The second-order valence-electron chi connectivity index (χ2n) is 4.42. The number of hydrogen-bond donors (Lipinski definition) is 1. The van der Waals surface area contributed by atoms with Crippen molar-refractivity contribution in [1.82, 2.24) is 9.97 Å². The van der Waals surface area contributed by atoms with Crippen LogP contribution in [0.5, 0.6) is 5.75 Å². The van der Waals surface area contributed by atoms with Crippen molar-refractivity contribution < 1.29 is 14.6 Å². The number of carboxylic acids is 1. The SMILES string of the molecule is O=C(O)c1c(OCc2ncccn2)ccc2ccccc12. The van der Waals surface area contributed by atoms with E-state index >= 15 is 0 Å². The summed E-state index contributed by atoms with van der Waals surface area (Å²) in [6, 6.07) is 12.5. The van der Waals surface area contributed by atoms with Crippen LogP contribution in [0.2, 0.25) is 0 Å². The molecule has 0 radical (unpaired) electrons. The van der Waals surface area contributed by atoms with Crippen molar-refractivity contribution in [2.24, 2.45) is 0 Å². The van der Waals surface area contributed by atoms with E-state index in [2.05, 4.69) is 9.97 Å². The van der Waals surface area contributed by atoms with Crippen LogP contribution in [0.15, 0.2) is 54.9 Å². The molecule has 0 unspecified atom stereocenters. The molecule has 5 nitrogen and oxygen atoms in total. The number of carboxylic acid groups (broad SMARTS) is 1. The Morgan fingerprint density at radius 2 is 1.81 bits per heavy atom. The van der Waals surface area contributed by atoms with Crippen molar-refractivity contribution >= 4 is 16.7 Å². The zero-order valence-corrected chi connectivity index (χ0v) is 11.1. The lowest BCUT2D eigenvalue weighted by Crippen LogP contribution is -2.06. The van der Waals surface area contributed by atoms with Gasteiger partial charge in [0.15, 0.2) is 5.82 Å². The van der Waals surface area contributed by atoms with Gasteiger partial charge in [-0.1, -0.05) is 30.3 Å². The molecule has 3 aromatic rings. The fourth-order valence-corrected chi connectivity index (χ4v) is 2.14. The van der Waals surface area contributed by atoms with Gasteiger partial charge in [0, 0.05) is 12.4 Å². The topological polar surface area (TPSA) is 72.3 Å². The summed E-state index contributed by atoms with van der Waals surface area (Å²) in [5, 5.41) is 11.0. The number of aromatic carboxylic acids is 1. The Balaban J connectivity index is 1.98. The Morgan fingerprint density at radius 1 is 1.05 bits per heavy atom. The molecule has 1 N–H and O–H groups in total. The number of carbonyl (C=O) groups is 1. The Kier molecular flexibility index (Phi) is 3.47. The first-order valence-corrected chi connectivity index (χ1v) is 6.39. The van der Waals surface area contributed by atoms with Crippen molar-refractivity contribution in [2.45, 2.75) is 6.61 Å². The third-order valence-corrected chi connectivity index (χ3v) is 3.08. The van der Waals surface area contributed by atoms with Gasteiger partial charge >= 0.3 is 5.97 Å². The fraction of sp³-hybridized carbons (Fsp3) is 0.0625. The maximum Gasteiger partial charge on any atom is 0.340 e. The molecule has 0 saturated heterocycles. The summed E-state index contributed by atoms with van der Waals surface area (Å²) < 4.78 is 5.59. The lowest BCUT2D eigenvalue weighted by atomic mass is 10.0. The quantitative estimate of drug-likeness (QED) is 0.795. The Hall–Kier alpha value is -2.95. The Morgan fingerprint density at radius 3 is 2.57 bits per heavy atom. The molecule has 0 aliphatic rings. The van der Waals surface area contributed by atoms with Gasteiger partial charge in [0.25, 0.3) is 0 Å². The minimum Gasteiger partial charge on any atom is -0.485 e. The van der Waals surface area contributed by atoms with Crippen LogP contribution < -0.4 is 4.74 Å². The predicted molar refractivity (Wildman–Crippen MR) is 77.3 cm³/mol. The molecule has 0 aliphatic carbocycles. The van der Waals surface area contributed by atoms with Crippen LogP contribution in [0.1, 0.15) is 16.2 Å². The standard InChI is InChI=1S/C16H12N2O3/c19-16(20)15-12-5-2-1-4-11(12)6-7-13(15)21-10-14-17-8-3-9-18-14/h1-9H,10H2,(H,19,20). The molecule has 104 valence electrons. The van der Waals surface area contributed by atoms with Crippen LogP contribution >= 0.6 is 0 Å². The van der Waals surface area contributed by atoms with Gasteiger partial charge in [0.2, 0.25) is 0 Å². The molecule has 0 bridgehead atoms. The zero-order chi connectivity index (χ0) is 14.7. The average molecular weight is 280 g/mol. The summed E-state index contributed by atoms with van der Waals surface area (Å²) in [5.74, 6) is -0.202. The summed E-state index contributed by atoms with van der Waals surface area (Å²) in [6.45, 7) is 0.124. The summed E-state index contributed by atoms with van der Waals surface area (Å²) in [7, 11) is 0. The van der Waals surface area contributed by atoms with E-state index < -0.39 is 5.97 Å². The molecule has 0 aliphatic heterocycles. The second kappa shape index (κ2) is 5.58. The van der Waals surface area contributed by atoms with Crippen LogP contribution in [0.3, 0.4) is 0 Å². The molecule has 3 rings (SSSR count). The molecular formula is C16H12N2O3. The van der Waals surface area contributed by atoms with Crippen molar-refractivity contribution in [1.29, 1.82) is 0 Å². The van der Waals surface area contributed by atoms with Gasteiger partial charge in [-0.05, 0) is 22.9 Å². The highest BCUT2D eigenvalue weighted by Gasteiger charge is 2.15. The summed E-state index contributed by atoms with van der Waals surface area (Å²) in [4.78, 5) is 19.6. The molecule has 0 fully saturated rings. The number of benzene rings is 2. The minimum atomic E-state index is -1.02. The monoisotopic (exact) mass is 280 g/mol. The zero-order valence-electron chi connectivity index (χ0n) is 11.1. The number of aromatic nitrogens is 2. The number of nitrogens with zero attached hydrogens (tertiary/aromatic N) is 2. The van der Waals surface area contributed by atoms with Crippen molar-refractivity contribution in [2.75, 3.05) is 0 Å². The van der Waals surface area contributed by atoms with Crippen molar-refractivity contribution in [3.63, 3.8) is 0 Å². The highest BCUT2D eigenvalue weighted by Crippen LogP contribution is 2.28. The third-order valence-electron chi connectivity index (χ3n) is 3.08. The predicted octanol–water partition coefficient (Wildman–Crippen LogP) is 2.91. The molecule has 0 spiro atoms. The molecular weight excluding hydrogens is 268 g/mol. The largest absolute Gasteiger partial charge is 0.485 e. The van der Waals surface area contributed by atoms with Gasteiger partial charge in [-0.3, -0.25) is 0 Å². The normalized spacial score (nSPS) is 10.5. The molecule has 21 heavy (non-hydrogen) atoms. The van der Waals surface area contributed by atoms with Crippen LogP contribution in [0.4, 0.5) is 0 Å². The molecule has 0 amide bonds. The van der Waals surface area contributed by atoms with Gasteiger partial charge in [-0.25, -0.2) is 14.8 Å². The number of hydrogen-bond acceptors (Lipinski definition) is 4. The molecule has 1 heterocycles. The van der Waals surface area contributed by atoms with Crippen LogP contribution in [0.25, 0.3) is 10.8 Å². The first-order valence-electron chi connectivity index (χ1n) is 6.39. The molecule has 0 atom stereocenters. The maximum absolute atomic E-state index is 11.5. The lowest BCUT2D eigenvalue weighted by molar-refractivity contribution is 0.0694. The van der Waals surface area contributed by atoms with E-state index in [0.29, 0.717) is 17.0 Å². The summed E-state index contributed by atoms with van der Waals surface area (Å²) >= 11 is 0. The number of fused-ring (bicyclic) bond motifs is 1. The molecule has 5 heteroatoms. The van der Waals surface area contributed by atoms with E-state index in [1.165, 1.54) is 0 Å². The maximum atomic E-state index is 11.5. The van der Waals surface area contributed by atoms with Gasteiger partial charge in [-0.2, -0.15) is 0 Å². The Bertz CT molecular complexity index is 788. The Labute approximate surface area is 120 Å². The smallest absolute Gasteiger partial charge is 0.340 e. The van der Waals surface area contributed by atoms with Gasteiger partial charge < -0.3 is 9.84 Å². The summed E-state index contributed by atoms with van der Waals surface area (Å²) in [6.07, 6.45) is 3.23. The first-order chi connectivity index (χ1) is 10.3. The van der Waals surface area contributed by atoms with Gasteiger partial charge in [0.05, 0.1) is 0 Å². The molecule has 0 saturated carbocycles. The highest BCUT2D eigenvalue weighted by molar-refractivity contribution is 6.06.